The third kappa shape index (κ3) is 6.20. The maximum Gasteiger partial charge on any atom is 0.264 e. The molecule has 0 spiro atoms. The van der Waals surface area contributed by atoms with E-state index in [9.17, 15) is 0 Å². The van der Waals surface area contributed by atoms with Crippen molar-refractivity contribution in [3.8, 4) is 33.8 Å². The highest BCUT2D eigenvalue weighted by atomic mass is 32.1. The molecule has 0 saturated heterocycles. The minimum absolute atomic E-state index is 0.0502. The van der Waals surface area contributed by atoms with Gasteiger partial charge < -0.3 is 19.4 Å². The summed E-state index contributed by atoms with van der Waals surface area (Å²) in [5.74, 6) is 1.57. The second-order valence-electron chi connectivity index (χ2n) is 19.3. The van der Waals surface area contributed by atoms with Gasteiger partial charge in [0.15, 0.2) is 11.5 Å². The summed E-state index contributed by atoms with van der Waals surface area (Å²) in [5.41, 5.74) is 18.5. The van der Waals surface area contributed by atoms with Gasteiger partial charge in [0.2, 0.25) is 0 Å². The largest absolute Gasteiger partial charge is 0.453 e. The zero-order chi connectivity index (χ0) is 46.0. The van der Waals surface area contributed by atoms with Crippen molar-refractivity contribution in [1.82, 2.24) is 0 Å². The Labute approximate surface area is 410 Å². The lowest BCUT2D eigenvalue weighted by Gasteiger charge is -2.44. The Kier molecular flexibility index (Phi) is 8.95. The van der Waals surface area contributed by atoms with Crippen LogP contribution >= 0.6 is 22.7 Å². The molecule has 0 radical (unpaired) electrons. The van der Waals surface area contributed by atoms with E-state index in [1.807, 2.05) is 22.7 Å². The summed E-state index contributed by atoms with van der Waals surface area (Å²) in [6, 6.07) is 77.9. The van der Waals surface area contributed by atoms with Gasteiger partial charge in [-0.2, -0.15) is 0 Å². The molecule has 0 fully saturated rings. The first-order chi connectivity index (χ1) is 33.9. The van der Waals surface area contributed by atoms with Gasteiger partial charge in [0, 0.05) is 48.9 Å². The minimum atomic E-state index is -0.0581. The van der Waals surface area contributed by atoms with Gasteiger partial charge in [-0.05, 0) is 117 Å². The Balaban J connectivity index is 1.14. The smallest absolute Gasteiger partial charge is 0.264 e. The molecule has 11 aromatic rings. The quantitative estimate of drug-likeness (QED) is 0.164. The van der Waals surface area contributed by atoms with Crippen molar-refractivity contribution >= 4 is 116 Å². The summed E-state index contributed by atoms with van der Waals surface area (Å²) in [4.78, 5) is 7.50. The summed E-state index contributed by atoms with van der Waals surface area (Å²) < 4.78 is 12.5. The number of ether oxygens (including phenoxy) is 1. The van der Waals surface area contributed by atoms with Crippen molar-refractivity contribution < 1.29 is 4.74 Å². The molecule has 3 aliphatic rings. The Morgan fingerprint density at radius 1 is 0.435 bits per heavy atom. The number of benzene rings is 9. The van der Waals surface area contributed by atoms with E-state index in [-0.39, 0.29) is 12.1 Å². The first kappa shape index (κ1) is 40.3. The highest BCUT2D eigenvalue weighted by molar-refractivity contribution is 7.40. The van der Waals surface area contributed by atoms with E-state index in [0.29, 0.717) is 0 Å². The molecule has 7 heteroatoms. The lowest BCUT2D eigenvalue weighted by Crippen LogP contribution is -2.60. The van der Waals surface area contributed by atoms with Crippen LogP contribution in [0.15, 0.2) is 212 Å². The molecule has 9 aromatic carbocycles. The number of anilines is 9. The monoisotopic (exact) mass is 921 g/mol. The van der Waals surface area contributed by atoms with Crippen molar-refractivity contribution in [3.05, 3.63) is 218 Å². The average molecular weight is 922 g/mol. The van der Waals surface area contributed by atoms with Crippen molar-refractivity contribution in [3.63, 3.8) is 0 Å². The van der Waals surface area contributed by atoms with E-state index in [1.54, 1.807) is 0 Å². The molecule has 3 aliphatic heterocycles. The minimum Gasteiger partial charge on any atom is -0.453 e. The van der Waals surface area contributed by atoms with E-state index in [0.717, 1.165) is 56.8 Å². The van der Waals surface area contributed by atoms with Crippen LogP contribution in [-0.2, 0) is 5.41 Å². The van der Waals surface area contributed by atoms with E-state index in [2.05, 4.69) is 248 Å². The molecule has 0 aliphatic carbocycles. The van der Waals surface area contributed by atoms with Gasteiger partial charge in [-0.1, -0.05) is 154 Å². The number of rotatable bonds is 4. The molecule has 0 saturated carbocycles. The molecule has 0 N–H and O–H groups in total. The molecule has 2 bridgehead atoms. The number of fused-ring (bicyclic) bond motifs is 12. The molecule has 14 rings (SSSR count). The second-order valence-corrected chi connectivity index (χ2v) is 21.4. The fourth-order valence-corrected chi connectivity index (χ4v) is 13.8. The van der Waals surface area contributed by atoms with Crippen LogP contribution in [0.2, 0.25) is 0 Å². The van der Waals surface area contributed by atoms with E-state index in [1.165, 1.54) is 68.9 Å². The van der Waals surface area contributed by atoms with Gasteiger partial charge in [-0.25, -0.2) is 0 Å². The number of thiophene rings is 2. The Bertz CT molecular complexity index is 3840. The Morgan fingerprint density at radius 2 is 1.06 bits per heavy atom. The maximum absolute atomic E-state index is 7.21. The first-order valence-electron chi connectivity index (χ1n) is 23.7. The molecular weight excluding hydrogens is 878 g/mol. The number of hydrogen-bond donors (Lipinski definition) is 0. The predicted octanol–water partition coefficient (Wildman–Crippen LogP) is 16.4. The van der Waals surface area contributed by atoms with Gasteiger partial charge in [-0.15, -0.1) is 22.7 Å². The van der Waals surface area contributed by atoms with Crippen LogP contribution in [0, 0.1) is 0 Å². The molecule has 328 valence electrons. The molecule has 5 heterocycles. The van der Waals surface area contributed by atoms with E-state index < -0.39 is 0 Å². The molecule has 0 amide bonds. The zero-order valence-electron chi connectivity index (χ0n) is 38.4. The molecule has 4 nitrogen and oxygen atoms in total. The summed E-state index contributed by atoms with van der Waals surface area (Å²) >= 11 is 3.90. The summed E-state index contributed by atoms with van der Waals surface area (Å²) in [6.07, 6.45) is 0. The van der Waals surface area contributed by atoms with Crippen LogP contribution in [0.25, 0.3) is 41.7 Å². The lowest BCUT2D eigenvalue weighted by molar-refractivity contribution is 0.484. The standard InChI is InChI=1S/C62H44BN3OS2/c1-62(2,3)42-31-34-48(46(37-42)40-21-9-5-10-22-40)66-53-36-41(39-19-7-4-8-20-39)35-52-57(53)63(61-58(66)60-59(69-61)45-25-13-18-30-56(45)68-60)47-33-32-44-38-51(47)65(52)50-27-15-17-29-55(50)67-54-28-16-14-26-49(54)64(44)43-23-11-6-12-24-43/h4-38H,1-3H3. The molecular formula is C62H44BN3OS2. The third-order valence-electron chi connectivity index (χ3n) is 14.2. The van der Waals surface area contributed by atoms with Crippen LogP contribution in [0.1, 0.15) is 26.3 Å². The maximum atomic E-state index is 7.21. The lowest BCUT2D eigenvalue weighted by atomic mass is 9.36. The molecule has 2 aromatic heterocycles. The molecule has 0 atom stereocenters. The fraction of sp³-hybridized carbons (Fsp3) is 0.0645. The van der Waals surface area contributed by atoms with Gasteiger partial charge >= 0.3 is 0 Å². The van der Waals surface area contributed by atoms with Crippen LogP contribution in [-0.4, -0.2) is 6.71 Å². The van der Waals surface area contributed by atoms with Crippen molar-refractivity contribution in [2.75, 3.05) is 14.7 Å². The fourth-order valence-electron chi connectivity index (χ4n) is 11.0. The average Bonchev–Trinajstić information content (AvgIpc) is 3.94. The topological polar surface area (TPSA) is 19.0 Å². The second kappa shape index (κ2) is 15.3. The van der Waals surface area contributed by atoms with E-state index >= 15 is 0 Å². The number of nitrogens with zero attached hydrogens (tertiary/aromatic N) is 3. The van der Waals surface area contributed by atoms with Gasteiger partial charge in [0.1, 0.15) is 0 Å². The summed E-state index contributed by atoms with van der Waals surface area (Å²) in [7, 11) is 0. The third-order valence-corrected chi connectivity index (χ3v) is 16.8. The highest BCUT2D eigenvalue weighted by Gasteiger charge is 2.47. The van der Waals surface area contributed by atoms with Crippen LogP contribution in [0.4, 0.5) is 51.2 Å². The Hall–Kier alpha value is -7.84. The van der Waals surface area contributed by atoms with Gasteiger partial charge in [0.25, 0.3) is 6.71 Å². The SMILES string of the molecule is CC(C)(C)c1ccc(N2c3cc(-c4ccccc4)cc4c3B(c3ccc5cc3N4c3ccccc3Oc3ccccc3N5c3ccccc3)c3sc4c(sc5ccccc54)c32)c(-c2ccccc2)c1. The summed E-state index contributed by atoms with van der Waals surface area (Å²) in [6.45, 7) is 6.89. The van der Waals surface area contributed by atoms with Crippen LogP contribution in [0.5, 0.6) is 11.5 Å². The first-order valence-corrected chi connectivity index (χ1v) is 25.3. The molecule has 0 unspecified atom stereocenters. The number of para-hydroxylation sites is 5. The zero-order valence-corrected chi connectivity index (χ0v) is 40.0. The van der Waals surface area contributed by atoms with Gasteiger partial charge in [0.05, 0.1) is 32.1 Å². The Morgan fingerprint density at radius 3 is 1.78 bits per heavy atom. The van der Waals surface area contributed by atoms with Crippen molar-refractivity contribution in [1.29, 1.82) is 0 Å². The van der Waals surface area contributed by atoms with E-state index in [4.69, 9.17) is 4.74 Å². The number of hydrogen-bond acceptors (Lipinski definition) is 6. The highest BCUT2D eigenvalue weighted by Crippen LogP contribution is 2.56. The van der Waals surface area contributed by atoms with Gasteiger partial charge in [-0.3, -0.25) is 0 Å². The predicted molar refractivity (Wildman–Crippen MR) is 296 cm³/mol. The van der Waals surface area contributed by atoms with Crippen molar-refractivity contribution in [2.45, 2.75) is 26.2 Å². The summed E-state index contributed by atoms with van der Waals surface area (Å²) in [5, 5.41) is 1.32. The molecule has 69 heavy (non-hydrogen) atoms. The van der Waals surface area contributed by atoms with Crippen LogP contribution in [0.3, 0.4) is 0 Å². The normalized spacial score (nSPS) is 13.4. The van der Waals surface area contributed by atoms with Crippen LogP contribution < -0.4 is 35.1 Å². The van der Waals surface area contributed by atoms with Crippen molar-refractivity contribution in [2.24, 2.45) is 0 Å².